The first-order valence-corrected chi connectivity index (χ1v) is 3.10. The van der Waals surface area contributed by atoms with Crippen LogP contribution >= 0.6 is 15.9 Å². The molecule has 0 aromatic rings. The number of rotatable bonds is 0. The van der Waals surface area contributed by atoms with Gasteiger partial charge in [-0.1, -0.05) is 15.9 Å². The van der Waals surface area contributed by atoms with Gasteiger partial charge in [-0.3, -0.25) is 0 Å². The van der Waals surface area contributed by atoms with Crippen molar-refractivity contribution < 1.29 is 15.0 Å². The Morgan fingerprint density at radius 1 is 1.50 bits per heavy atom. The maximum Gasteiger partial charge on any atom is 0.503 e. The van der Waals surface area contributed by atoms with E-state index in [0.29, 0.717) is 0 Å². The highest BCUT2D eigenvalue weighted by molar-refractivity contribution is 9.09. The van der Waals surface area contributed by atoms with Crippen molar-refractivity contribution in [3.8, 4) is 0 Å². The van der Waals surface area contributed by atoms with E-state index in [1.807, 2.05) is 0 Å². The van der Waals surface area contributed by atoms with Gasteiger partial charge in [-0.2, -0.15) is 0 Å². The Hall–Kier alpha value is -0.250. The summed E-state index contributed by atoms with van der Waals surface area (Å²) >= 11 is 3.38. The highest BCUT2D eigenvalue weighted by Gasteiger charge is 2.15. The van der Waals surface area contributed by atoms with Gasteiger partial charge in [0.05, 0.1) is 0 Å². The van der Waals surface area contributed by atoms with E-state index in [1.54, 1.807) is 0 Å². The fourth-order valence-electron chi connectivity index (χ4n) is 0.0630. The molecular weight excluding hydrogens is 176 g/mol. The van der Waals surface area contributed by atoms with Crippen molar-refractivity contribution in [2.75, 3.05) is 0 Å². The van der Waals surface area contributed by atoms with Crippen LogP contribution in [0.3, 0.4) is 0 Å². The largest absolute Gasteiger partial charge is 0.503 e. The van der Waals surface area contributed by atoms with Gasteiger partial charge in [-0.25, -0.2) is 4.79 Å². The minimum Gasteiger partial charge on any atom is -0.450 e. The molecule has 0 aliphatic heterocycles. The molecule has 4 heteroatoms. The lowest BCUT2D eigenvalue weighted by Crippen LogP contribution is -1.81. The summed E-state index contributed by atoms with van der Waals surface area (Å²) in [5.41, 5.74) is 0. The number of halogens is 1. The van der Waals surface area contributed by atoms with Gasteiger partial charge in [0.1, 0.15) is 0 Å². The molecule has 0 atom stereocenters. The molecule has 1 aliphatic carbocycles. The second kappa shape index (κ2) is 3.72. The van der Waals surface area contributed by atoms with Crippen LogP contribution in [-0.2, 0) is 0 Å². The summed E-state index contributed by atoms with van der Waals surface area (Å²) in [6.45, 7) is 0. The number of hydrogen-bond donors (Lipinski definition) is 2. The summed E-state index contributed by atoms with van der Waals surface area (Å²) in [5.74, 6) is 0. The van der Waals surface area contributed by atoms with Crippen LogP contribution in [0.2, 0.25) is 0 Å². The van der Waals surface area contributed by atoms with Gasteiger partial charge in [0.2, 0.25) is 0 Å². The van der Waals surface area contributed by atoms with Crippen LogP contribution in [0.25, 0.3) is 0 Å². The lowest BCUT2D eigenvalue weighted by atomic mass is 11.0. The van der Waals surface area contributed by atoms with Crippen molar-refractivity contribution in [3.05, 3.63) is 0 Å². The van der Waals surface area contributed by atoms with Crippen molar-refractivity contribution >= 4 is 22.1 Å². The van der Waals surface area contributed by atoms with Crippen molar-refractivity contribution in [2.45, 2.75) is 17.7 Å². The Morgan fingerprint density at radius 3 is 1.62 bits per heavy atom. The van der Waals surface area contributed by atoms with Crippen molar-refractivity contribution in [2.24, 2.45) is 0 Å². The molecule has 0 saturated heterocycles. The van der Waals surface area contributed by atoms with E-state index in [2.05, 4.69) is 15.9 Å². The number of carbonyl (C=O) groups is 1. The van der Waals surface area contributed by atoms with E-state index in [4.69, 9.17) is 15.0 Å². The minimum atomic E-state index is -1.83. The number of alkyl halides is 1. The molecule has 0 heterocycles. The molecule has 0 radical (unpaired) electrons. The highest BCUT2D eigenvalue weighted by Crippen LogP contribution is 2.27. The molecule has 0 bridgehead atoms. The van der Waals surface area contributed by atoms with Crippen LogP contribution in [0.4, 0.5) is 4.79 Å². The smallest absolute Gasteiger partial charge is 0.450 e. The fraction of sp³-hybridized carbons (Fsp3) is 0.750. The molecular formula is C4H7BrO3. The molecule has 1 aliphatic rings. The van der Waals surface area contributed by atoms with E-state index >= 15 is 0 Å². The van der Waals surface area contributed by atoms with Gasteiger partial charge < -0.3 is 10.2 Å². The molecule has 0 aromatic heterocycles. The third-order valence-electron chi connectivity index (χ3n) is 0.507. The predicted molar refractivity (Wildman–Crippen MR) is 32.6 cm³/mol. The standard InChI is InChI=1S/C3H5Br.CH2O3/c4-3-1-2-3;2-1(3)4/h3H,1-2H2;(H2,2,3,4). The maximum absolute atomic E-state index is 8.56. The quantitative estimate of drug-likeness (QED) is 0.562. The van der Waals surface area contributed by atoms with Crippen LogP contribution in [0, 0.1) is 0 Å². The molecule has 1 rings (SSSR count). The zero-order valence-electron chi connectivity index (χ0n) is 4.17. The van der Waals surface area contributed by atoms with Gasteiger partial charge in [0, 0.05) is 4.83 Å². The van der Waals surface area contributed by atoms with Crippen molar-refractivity contribution in [3.63, 3.8) is 0 Å². The van der Waals surface area contributed by atoms with Crippen molar-refractivity contribution in [1.29, 1.82) is 0 Å². The van der Waals surface area contributed by atoms with Gasteiger partial charge in [-0.15, -0.1) is 0 Å². The van der Waals surface area contributed by atoms with Crippen LogP contribution in [0.1, 0.15) is 12.8 Å². The summed E-state index contributed by atoms with van der Waals surface area (Å²) in [7, 11) is 0. The SMILES string of the molecule is BrC1CC1.O=C(O)O. The van der Waals surface area contributed by atoms with E-state index in [9.17, 15) is 0 Å². The molecule has 0 unspecified atom stereocenters. The Labute approximate surface area is 55.5 Å². The maximum atomic E-state index is 8.56. The summed E-state index contributed by atoms with van der Waals surface area (Å²) in [6, 6.07) is 0. The lowest BCUT2D eigenvalue weighted by Gasteiger charge is -1.60. The monoisotopic (exact) mass is 182 g/mol. The molecule has 3 nitrogen and oxygen atoms in total. The first kappa shape index (κ1) is 7.75. The Kier molecular flexibility index (Phi) is 3.60. The van der Waals surface area contributed by atoms with E-state index in [-0.39, 0.29) is 0 Å². The normalized spacial score (nSPS) is 16.1. The zero-order valence-corrected chi connectivity index (χ0v) is 5.76. The van der Waals surface area contributed by atoms with E-state index in [0.717, 1.165) is 4.83 Å². The molecule has 8 heavy (non-hydrogen) atoms. The first-order chi connectivity index (χ1) is 3.63. The van der Waals surface area contributed by atoms with Crippen LogP contribution in [-0.4, -0.2) is 21.2 Å². The van der Waals surface area contributed by atoms with Gasteiger partial charge in [0.25, 0.3) is 0 Å². The van der Waals surface area contributed by atoms with Crippen molar-refractivity contribution in [1.82, 2.24) is 0 Å². The second-order valence-corrected chi connectivity index (χ2v) is 2.75. The predicted octanol–water partition coefficient (Wildman–Crippen LogP) is 1.77. The van der Waals surface area contributed by atoms with Gasteiger partial charge >= 0.3 is 6.16 Å². The molecule has 0 amide bonds. The van der Waals surface area contributed by atoms with Crippen LogP contribution < -0.4 is 0 Å². The average molecular weight is 183 g/mol. The Bertz CT molecular complexity index is 75.4. The van der Waals surface area contributed by atoms with Crippen LogP contribution in [0.15, 0.2) is 0 Å². The molecule has 1 saturated carbocycles. The summed E-state index contributed by atoms with van der Waals surface area (Å²) in [6.07, 6.45) is 0.972. The minimum absolute atomic E-state index is 0.896. The lowest BCUT2D eigenvalue weighted by molar-refractivity contribution is 0.137. The van der Waals surface area contributed by atoms with Crippen LogP contribution in [0.5, 0.6) is 0 Å². The zero-order chi connectivity index (χ0) is 6.57. The first-order valence-electron chi connectivity index (χ1n) is 2.19. The summed E-state index contributed by atoms with van der Waals surface area (Å²) < 4.78 is 0. The number of carboxylic acid groups (broad SMARTS) is 2. The fourth-order valence-corrected chi connectivity index (χ4v) is 0.327. The third kappa shape index (κ3) is 17.2. The number of hydrogen-bond acceptors (Lipinski definition) is 1. The molecule has 48 valence electrons. The van der Waals surface area contributed by atoms with Gasteiger partial charge in [-0.05, 0) is 12.8 Å². The summed E-state index contributed by atoms with van der Waals surface area (Å²) in [5, 5.41) is 13.9. The third-order valence-corrected chi connectivity index (χ3v) is 1.42. The second-order valence-electron chi connectivity index (χ2n) is 1.46. The Morgan fingerprint density at radius 2 is 1.62 bits per heavy atom. The summed E-state index contributed by atoms with van der Waals surface area (Å²) in [4.78, 5) is 9.45. The molecule has 1 fully saturated rings. The van der Waals surface area contributed by atoms with E-state index in [1.165, 1.54) is 12.8 Å². The topological polar surface area (TPSA) is 57.5 Å². The Balaban J connectivity index is 0.000000122. The molecule has 0 spiro atoms. The molecule has 2 N–H and O–H groups in total. The molecule has 0 aromatic carbocycles. The van der Waals surface area contributed by atoms with Gasteiger partial charge in [0.15, 0.2) is 0 Å². The average Bonchev–Trinajstić information content (AvgIpc) is 2.19. The van der Waals surface area contributed by atoms with E-state index < -0.39 is 6.16 Å². The highest BCUT2D eigenvalue weighted by atomic mass is 79.9.